The first-order valence-corrected chi connectivity index (χ1v) is 6.33. The number of rotatable bonds is 5. The van der Waals surface area contributed by atoms with Gasteiger partial charge in [-0.1, -0.05) is 27.5 Å². The Bertz CT molecular complexity index is 313. The Morgan fingerprint density at radius 2 is 1.93 bits per heavy atom. The fourth-order valence-electron chi connectivity index (χ4n) is 1.12. The molecule has 1 amide bonds. The van der Waals surface area contributed by atoms with E-state index in [0.29, 0.717) is 17.1 Å². The number of carbonyl (C=O) groups excluding carboxylic acids is 1. The Kier molecular flexibility index (Phi) is 5.73. The molecule has 0 aromatic heterocycles. The van der Waals surface area contributed by atoms with Gasteiger partial charge in [-0.05, 0) is 37.1 Å². The molecule has 0 aliphatic heterocycles. The summed E-state index contributed by atoms with van der Waals surface area (Å²) < 4.78 is 0. The van der Waals surface area contributed by atoms with E-state index in [2.05, 4.69) is 21.2 Å². The smallest absolute Gasteiger partial charge is 0.251 e. The third kappa shape index (κ3) is 4.67. The van der Waals surface area contributed by atoms with Crippen molar-refractivity contribution in [1.29, 1.82) is 0 Å². The minimum atomic E-state index is -0.0405. The molecule has 0 fully saturated rings. The largest absolute Gasteiger partial charge is 0.352 e. The third-order valence-electron chi connectivity index (χ3n) is 1.95. The summed E-state index contributed by atoms with van der Waals surface area (Å²) in [6, 6.07) is 6.88. The molecule has 4 heteroatoms. The number of nitrogens with one attached hydrogen (secondary N) is 1. The van der Waals surface area contributed by atoms with Crippen LogP contribution in [0.25, 0.3) is 0 Å². The summed E-state index contributed by atoms with van der Waals surface area (Å²) >= 11 is 9.07. The Balaban J connectivity index is 2.37. The predicted octanol–water partition coefficient (Wildman–Crippen LogP) is 3.24. The van der Waals surface area contributed by atoms with E-state index in [1.807, 2.05) is 0 Å². The van der Waals surface area contributed by atoms with Gasteiger partial charge in [-0.3, -0.25) is 4.79 Å². The summed E-state index contributed by atoms with van der Waals surface area (Å²) in [6.07, 6.45) is 2.06. The molecule has 0 heterocycles. The van der Waals surface area contributed by atoms with Crippen LogP contribution in [0.15, 0.2) is 24.3 Å². The van der Waals surface area contributed by atoms with Gasteiger partial charge in [0.1, 0.15) is 0 Å². The van der Waals surface area contributed by atoms with Crippen molar-refractivity contribution in [3.05, 3.63) is 34.9 Å². The van der Waals surface area contributed by atoms with E-state index in [1.165, 1.54) is 0 Å². The van der Waals surface area contributed by atoms with Gasteiger partial charge in [0.05, 0.1) is 0 Å². The van der Waals surface area contributed by atoms with Crippen LogP contribution in [0.1, 0.15) is 23.2 Å². The van der Waals surface area contributed by atoms with E-state index in [-0.39, 0.29) is 5.91 Å². The van der Waals surface area contributed by atoms with Crippen molar-refractivity contribution in [3.8, 4) is 0 Å². The Morgan fingerprint density at radius 3 is 2.53 bits per heavy atom. The van der Waals surface area contributed by atoms with Crippen molar-refractivity contribution >= 4 is 33.4 Å². The van der Waals surface area contributed by atoms with Crippen molar-refractivity contribution < 1.29 is 4.79 Å². The minimum Gasteiger partial charge on any atom is -0.352 e. The molecule has 82 valence electrons. The molecule has 0 bridgehead atoms. The highest BCUT2D eigenvalue weighted by Crippen LogP contribution is 2.09. The molecule has 0 aliphatic carbocycles. The number of halogens is 2. The highest BCUT2D eigenvalue weighted by Gasteiger charge is 2.03. The quantitative estimate of drug-likeness (QED) is 0.654. The van der Waals surface area contributed by atoms with E-state index < -0.39 is 0 Å². The lowest BCUT2D eigenvalue weighted by molar-refractivity contribution is 0.0953. The molecule has 1 N–H and O–H groups in total. The van der Waals surface area contributed by atoms with Crippen LogP contribution in [-0.4, -0.2) is 17.8 Å². The minimum absolute atomic E-state index is 0.0405. The molecule has 0 atom stereocenters. The lowest BCUT2D eigenvalue weighted by Crippen LogP contribution is -2.24. The van der Waals surface area contributed by atoms with Crippen LogP contribution in [0, 0.1) is 0 Å². The molecule has 0 spiro atoms. The van der Waals surface area contributed by atoms with E-state index in [1.54, 1.807) is 24.3 Å². The molecular formula is C11H13BrClNO. The molecule has 0 unspecified atom stereocenters. The number of carbonyl (C=O) groups is 1. The molecule has 0 saturated heterocycles. The highest BCUT2D eigenvalue weighted by atomic mass is 79.9. The monoisotopic (exact) mass is 289 g/mol. The summed E-state index contributed by atoms with van der Waals surface area (Å²) in [6.45, 7) is 0.715. The molecule has 0 radical (unpaired) electrons. The van der Waals surface area contributed by atoms with Gasteiger partial charge < -0.3 is 5.32 Å². The van der Waals surface area contributed by atoms with Gasteiger partial charge in [0.25, 0.3) is 5.91 Å². The van der Waals surface area contributed by atoms with E-state index in [0.717, 1.165) is 18.2 Å². The second-order valence-corrected chi connectivity index (χ2v) is 4.39. The van der Waals surface area contributed by atoms with E-state index in [9.17, 15) is 4.79 Å². The molecular weight excluding hydrogens is 277 g/mol. The van der Waals surface area contributed by atoms with Crippen LogP contribution >= 0.6 is 27.5 Å². The third-order valence-corrected chi connectivity index (χ3v) is 2.77. The van der Waals surface area contributed by atoms with Gasteiger partial charge in [-0.25, -0.2) is 0 Å². The Morgan fingerprint density at radius 1 is 1.27 bits per heavy atom. The zero-order valence-electron chi connectivity index (χ0n) is 8.30. The lowest BCUT2D eigenvalue weighted by Gasteiger charge is -2.04. The summed E-state index contributed by atoms with van der Waals surface area (Å²) in [5, 5.41) is 4.47. The maximum atomic E-state index is 11.6. The van der Waals surface area contributed by atoms with Crippen molar-refractivity contribution in [2.24, 2.45) is 0 Å². The second-order valence-electron chi connectivity index (χ2n) is 3.16. The van der Waals surface area contributed by atoms with Crippen LogP contribution in [0.2, 0.25) is 5.02 Å². The van der Waals surface area contributed by atoms with Crippen molar-refractivity contribution in [3.63, 3.8) is 0 Å². The van der Waals surface area contributed by atoms with Gasteiger partial charge in [-0.2, -0.15) is 0 Å². The zero-order chi connectivity index (χ0) is 11.1. The fourth-order valence-corrected chi connectivity index (χ4v) is 1.65. The fraction of sp³-hybridized carbons (Fsp3) is 0.364. The van der Waals surface area contributed by atoms with Gasteiger partial charge in [-0.15, -0.1) is 0 Å². The molecule has 1 aromatic carbocycles. The molecule has 15 heavy (non-hydrogen) atoms. The van der Waals surface area contributed by atoms with Gasteiger partial charge in [0, 0.05) is 22.5 Å². The maximum Gasteiger partial charge on any atom is 0.251 e. The van der Waals surface area contributed by atoms with Crippen molar-refractivity contribution in [2.45, 2.75) is 12.8 Å². The van der Waals surface area contributed by atoms with Gasteiger partial charge in [0.15, 0.2) is 0 Å². The maximum absolute atomic E-state index is 11.6. The SMILES string of the molecule is O=C(NCCCCBr)c1ccc(Cl)cc1. The first-order valence-electron chi connectivity index (χ1n) is 4.84. The lowest BCUT2D eigenvalue weighted by atomic mass is 10.2. The Hall–Kier alpha value is -0.540. The summed E-state index contributed by atoms with van der Waals surface area (Å²) in [5.74, 6) is -0.0405. The second kappa shape index (κ2) is 6.85. The number of hydrogen-bond acceptors (Lipinski definition) is 1. The standard InChI is InChI=1S/C11H13BrClNO/c12-7-1-2-8-14-11(15)9-3-5-10(13)6-4-9/h3-6H,1-2,7-8H2,(H,14,15). The predicted molar refractivity (Wildman–Crippen MR) is 66.8 cm³/mol. The normalized spacial score (nSPS) is 10.0. The van der Waals surface area contributed by atoms with Crippen molar-refractivity contribution in [1.82, 2.24) is 5.32 Å². The number of amides is 1. The topological polar surface area (TPSA) is 29.1 Å². The first-order chi connectivity index (χ1) is 7.24. The average Bonchev–Trinajstić information content (AvgIpc) is 2.25. The number of benzene rings is 1. The van der Waals surface area contributed by atoms with Gasteiger partial charge >= 0.3 is 0 Å². The summed E-state index contributed by atoms with van der Waals surface area (Å²) in [5.41, 5.74) is 0.651. The van der Waals surface area contributed by atoms with Crippen LogP contribution < -0.4 is 5.32 Å². The van der Waals surface area contributed by atoms with Crippen LogP contribution in [0.3, 0.4) is 0 Å². The highest BCUT2D eigenvalue weighted by molar-refractivity contribution is 9.09. The van der Waals surface area contributed by atoms with E-state index in [4.69, 9.17) is 11.6 Å². The van der Waals surface area contributed by atoms with Crippen molar-refractivity contribution in [2.75, 3.05) is 11.9 Å². The number of alkyl halides is 1. The van der Waals surface area contributed by atoms with E-state index >= 15 is 0 Å². The molecule has 0 aliphatic rings. The van der Waals surface area contributed by atoms with Gasteiger partial charge in [0.2, 0.25) is 0 Å². The van der Waals surface area contributed by atoms with Crippen LogP contribution in [0.4, 0.5) is 0 Å². The summed E-state index contributed by atoms with van der Waals surface area (Å²) in [4.78, 5) is 11.6. The zero-order valence-corrected chi connectivity index (χ0v) is 10.6. The van der Waals surface area contributed by atoms with Crippen LogP contribution in [-0.2, 0) is 0 Å². The molecule has 2 nitrogen and oxygen atoms in total. The number of unbranched alkanes of at least 4 members (excludes halogenated alkanes) is 1. The Labute approximate surface area is 103 Å². The number of hydrogen-bond donors (Lipinski definition) is 1. The van der Waals surface area contributed by atoms with Crippen LogP contribution in [0.5, 0.6) is 0 Å². The molecule has 0 saturated carbocycles. The first kappa shape index (κ1) is 12.5. The summed E-state index contributed by atoms with van der Waals surface area (Å²) in [7, 11) is 0. The molecule has 1 rings (SSSR count). The average molecular weight is 291 g/mol. The molecule has 1 aromatic rings.